The fraction of sp³-hybridized carbons (Fsp3) is 0.647. The fourth-order valence-corrected chi connectivity index (χ4v) is 2.90. The van der Waals surface area contributed by atoms with Crippen molar-refractivity contribution in [2.45, 2.75) is 70.9 Å². The third-order valence-corrected chi connectivity index (χ3v) is 4.33. The molecule has 1 aromatic carbocycles. The van der Waals surface area contributed by atoms with Crippen LogP contribution in [0, 0.1) is 6.92 Å². The predicted molar refractivity (Wildman–Crippen MR) is 88.0 cm³/mol. The highest BCUT2D eigenvalue weighted by atomic mass is 32.2. The van der Waals surface area contributed by atoms with Gasteiger partial charge < -0.3 is 5.32 Å². The Labute approximate surface area is 123 Å². The molecular formula is C17H29NS. The lowest BCUT2D eigenvalue weighted by Crippen LogP contribution is -2.35. The lowest BCUT2D eigenvalue weighted by molar-refractivity contribution is 0.424. The van der Waals surface area contributed by atoms with Crippen molar-refractivity contribution in [2.24, 2.45) is 0 Å². The normalized spacial score (nSPS) is 11.8. The molecule has 0 unspecified atom stereocenters. The molecule has 0 amide bonds. The molecule has 1 nitrogen and oxygen atoms in total. The van der Waals surface area contributed by atoms with Crippen LogP contribution in [-0.4, -0.2) is 11.3 Å². The lowest BCUT2D eigenvalue weighted by atomic mass is 10.1. The Bertz CT molecular complexity index is 379. The maximum absolute atomic E-state index is 3.54. The van der Waals surface area contributed by atoms with E-state index in [1.807, 2.05) is 11.8 Å². The van der Waals surface area contributed by atoms with Gasteiger partial charge >= 0.3 is 0 Å². The monoisotopic (exact) mass is 279 g/mol. The lowest BCUT2D eigenvalue weighted by Gasteiger charge is -2.21. The van der Waals surface area contributed by atoms with E-state index in [2.05, 4.69) is 58.1 Å². The average molecular weight is 279 g/mol. The van der Waals surface area contributed by atoms with Gasteiger partial charge in [-0.3, -0.25) is 0 Å². The van der Waals surface area contributed by atoms with E-state index in [9.17, 15) is 0 Å². The second-order valence-corrected chi connectivity index (χ2v) is 7.40. The molecular weight excluding hydrogens is 250 g/mol. The van der Waals surface area contributed by atoms with E-state index < -0.39 is 0 Å². The van der Waals surface area contributed by atoms with Crippen molar-refractivity contribution in [3.8, 4) is 0 Å². The summed E-state index contributed by atoms with van der Waals surface area (Å²) in [4.78, 5) is 1.44. The molecule has 0 radical (unpaired) electrons. The van der Waals surface area contributed by atoms with Crippen molar-refractivity contribution in [3.05, 3.63) is 29.3 Å². The van der Waals surface area contributed by atoms with Gasteiger partial charge in [0.25, 0.3) is 0 Å². The van der Waals surface area contributed by atoms with Crippen molar-refractivity contribution in [1.82, 2.24) is 5.32 Å². The number of rotatable bonds is 7. The third kappa shape index (κ3) is 7.03. The van der Waals surface area contributed by atoms with E-state index in [1.165, 1.54) is 41.0 Å². The molecule has 0 aliphatic carbocycles. The number of thioether (sulfide) groups is 1. The minimum atomic E-state index is 0.182. The third-order valence-electron chi connectivity index (χ3n) is 3.07. The Morgan fingerprint density at radius 1 is 1.16 bits per heavy atom. The van der Waals surface area contributed by atoms with Crippen LogP contribution in [0.1, 0.15) is 58.1 Å². The van der Waals surface area contributed by atoms with Crippen LogP contribution in [0.15, 0.2) is 23.1 Å². The maximum Gasteiger partial charge on any atom is 0.0210 e. The summed E-state index contributed by atoms with van der Waals surface area (Å²) in [6.45, 7) is 12.0. The van der Waals surface area contributed by atoms with Crippen LogP contribution in [0.25, 0.3) is 0 Å². The molecule has 0 aliphatic rings. The van der Waals surface area contributed by atoms with Gasteiger partial charge in [0.05, 0.1) is 0 Å². The van der Waals surface area contributed by atoms with Gasteiger partial charge in [0.15, 0.2) is 0 Å². The molecule has 1 N–H and O–H groups in total. The molecule has 1 rings (SSSR count). The summed E-state index contributed by atoms with van der Waals surface area (Å²) >= 11 is 2.00. The zero-order chi connectivity index (χ0) is 14.3. The van der Waals surface area contributed by atoms with E-state index in [1.54, 1.807) is 0 Å². The first-order chi connectivity index (χ1) is 8.92. The van der Waals surface area contributed by atoms with Crippen LogP contribution in [0.3, 0.4) is 0 Å². The van der Waals surface area contributed by atoms with Crippen LogP contribution in [0.2, 0.25) is 0 Å². The van der Waals surface area contributed by atoms with E-state index in [0.29, 0.717) is 0 Å². The van der Waals surface area contributed by atoms with Crippen molar-refractivity contribution in [3.63, 3.8) is 0 Å². The minimum absolute atomic E-state index is 0.182. The summed E-state index contributed by atoms with van der Waals surface area (Å²) in [5, 5.41) is 3.54. The number of benzene rings is 1. The fourth-order valence-electron chi connectivity index (χ4n) is 1.88. The molecule has 0 bridgehead atoms. The number of nitrogens with one attached hydrogen (secondary N) is 1. The van der Waals surface area contributed by atoms with Gasteiger partial charge in [-0.1, -0.05) is 31.9 Å². The SMILES string of the molecule is CCCCCSc1ccc(CNC(C)(C)C)cc1C. The topological polar surface area (TPSA) is 12.0 Å². The van der Waals surface area contributed by atoms with E-state index >= 15 is 0 Å². The summed E-state index contributed by atoms with van der Waals surface area (Å²) in [7, 11) is 0. The van der Waals surface area contributed by atoms with Crippen LogP contribution in [0.5, 0.6) is 0 Å². The minimum Gasteiger partial charge on any atom is -0.308 e. The van der Waals surface area contributed by atoms with Gasteiger partial charge in [-0.25, -0.2) is 0 Å². The highest BCUT2D eigenvalue weighted by Gasteiger charge is 2.08. The van der Waals surface area contributed by atoms with Crippen molar-refractivity contribution >= 4 is 11.8 Å². The maximum atomic E-state index is 3.54. The molecule has 19 heavy (non-hydrogen) atoms. The van der Waals surface area contributed by atoms with Gasteiger partial charge in [-0.15, -0.1) is 11.8 Å². The summed E-state index contributed by atoms with van der Waals surface area (Å²) in [6.07, 6.45) is 3.98. The van der Waals surface area contributed by atoms with Gasteiger partial charge in [-0.2, -0.15) is 0 Å². The number of hydrogen-bond donors (Lipinski definition) is 1. The quantitative estimate of drug-likeness (QED) is 0.546. The molecule has 0 spiro atoms. The summed E-state index contributed by atoms with van der Waals surface area (Å²) < 4.78 is 0. The Balaban J connectivity index is 2.49. The molecule has 0 aromatic heterocycles. The summed E-state index contributed by atoms with van der Waals surface area (Å²) in [5.41, 5.74) is 2.97. The number of aryl methyl sites for hydroxylation is 1. The standard InChI is InChI=1S/C17H29NS/c1-6-7-8-11-19-16-10-9-15(12-14(16)2)13-18-17(3,4)5/h9-10,12,18H,6-8,11,13H2,1-5H3. The van der Waals surface area contributed by atoms with E-state index in [0.717, 1.165) is 6.54 Å². The Morgan fingerprint density at radius 2 is 1.89 bits per heavy atom. The Morgan fingerprint density at radius 3 is 2.47 bits per heavy atom. The first-order valence-electron chi connectivity index (χ1n) is 7.40. The van der Waals surface area contributed by atoms with Gasteiger partial charge in [0.2, 0.25) is 0 Å². The zero-order valence-corrected chi connectivity index (χ0v) is 14.0. The average Bonchev–Trinajstić information content (AvgIpc) is 2.33. The smallest absolute Gasteiger partial charge is 0.0210 e. The van der Waals surface area contributed by atoms with Gasteiger partial charge in [0, 0.05) is 17.0 Å². The van der Waals surface area contributed by atoms with Gasteiger partial charge in [-0.05, 0) is 57.1 Å². The van der Waals surface area contributed by atoms with E-state index in [4.69, 9.17) is 0 Å². The zero-order valence-electron chi connectivity index (χ0n) is 13.2. The van der Waals surface area contributed by atoms with Crippen molar-refractivity contribution in [1.29, 1.82) is 0 Å². The molecule has 0 aliphatic heterocycles. The molecule has 1 aromatic rings. The first kappa shape index (κ1) is 16.6. The van der Waals surface area contributed by atoms with Crippen LogP contribution >= 0.6 is 11.8 Å². The van der Waals surface area contributed by atoms with Crippen molar-refractivity contribution < 1.29 is 0 Å². The Kier molecular flexibility index (Phi) is 6.95. The molecule has 0 fully saturated rings. The molecule has 0 atom stereocenters. The second-order valence-electron chi connectivity index (χ2n) is 6.26. The molecule has 2 heteroatoms. The van der Waals surface area contributed by atoms with Crippen LogP contribution in [-0.2, 0) is 6.54 Å². The summed E-state index contributed by atoms with van der Waals surface area (Å²) in [6, 6.07) is 6.86. The van der Waals surface area contributed by atoms with Gasteiger partial charge in [0.1, 0.15) is 0 Å². The summed E-state index contributed by atoms with van der Waals surface area (Å²) in [5.74, 6) is 1.24. The highest BCUT2D eigenvalue weighted by Crippen LogP contribution is 2.24. The van der Waals surface area contributed by atoms with Crippen molar-refractivity contribution in [2.75, 3.05) is 5.75 Å². The van der Waals surface area contributed by atoms with Crippen LogP contribution < -0.4 is 5.32 Å². The molecule has 0 saturated heterocycles. The van der Waals surface area contributed by atoms with Crippen LogP contribution in [0.4, 0.5) is 0 Å². The molecule has 0 heterocycles. The first-order valence-corrected chi connectivity index (χ1v) is 8.38. The highest BCUT2D eigenvalue weighted by molar-refractivity contribution is 7.99. The largest absolute Gasteiger partial charge is 0.308 e. The molecule has 108 valence electrons. The second kappa shape index (κ2) is 7.96. The van der Waals surface area contributed by atoms with E-state index in [-0.39, 0.29) is 5.54 Å². The molecule has 0 saturated carbocycles. The number of hydrogen-bond acceptors (Lipinski definition) is 2. The predicted octanol–water partition coefficient (Wildman–Crippen LogP) is 5.17. The number of unbranched alkanes of at least 4 members (excludes halogenated alkanes) is 2. The Hall–Kier alpha value is -0.470.